The first-order chi connectivity index (χ1) is 8.31. The van der Waals surface area contributed by atoms with Gasteiger partial charge in [-0.2, -0.15) is 0 Å². The average molecular weight is 247 g/mol. The molecule has 1 heteroatoms. The van der Waals surface area contributed by atoms with Crippen molar-refractivity contribution in [1.82, 2.24) is 5.32 Å². The average Bonchev–Trinajstić information content (AvgIpc) is 2.27. The number of benzene rings is 1. The zero-order chi connectivity index (χ0) is 13.8. The molecule has 1 rings (SSSR count). The molecule has 18 heavy (non-hydrogen) atoms. The lowest BCUT2D eigenvalue weighted by molar-refractivity contribution is 0.363. The molecule has 0 radical (unpaired) electrons. The lowest BCUT2D eigenvalue weighted by Gasteiger charge is -2.25. The van der Waals surface area contributed by atoms with E-state index in [9.17, 15) is 0 Å². The summed E-state index contributed by atoms with van der Waals surface area (Å²) in [5, 5.41) is 3.63. The second-order valence-corrected chi connectivity index (χ2v) is 6.54. The van der Waals surface area contributed by atoms with E-state index in [1.807, 2.05) is 0 Å². The normalized spacial score (nSPS) is 13.7. The maximum absolute atomic E-state index is 3.63. The van der Waals surface area contributed by atoms with Gasteiger partial charge < -0.3 is 5.32 Å². The third-order valence-electron chi connectivity index (χ3n) is 3.51. The van der Waals surface area contributed by atoms with Crippen molar-refractivity contribution in [2.24, 2.45) is 5.92 Å². The highest BCUT2D eigenvalue weighted by atomic mass is 14.9. The Balaban J connectivity index is 2.65. The van der Waals surface area contributed by atoms with Crippen molar-refractivity contribution in [1.29, 1.82) is 0 Å². The fourth-order valence-electron chi connectivity index (χ4n) is 2.14. The van der Waals surface area contributed by atoms with Gasteiger partial charge in [0.05, 0.1) is 0 Å². The molecule has 0 fully saturated rings. The van der Waals surface area contributed by atoms with Crippen LogP contribution in [0.3, 0.4) is 0 Å². The van der Waals surface area contributed by atoms with Crippen molar-refractivity contribution in [3.05, 3.63) is 34.9 Å². The third kappa shape index (κ3) is 5.22. The van der Waals surface area contributed by atoms with Crippen LogP contribution >= 0.6 is 0 Å². The highest BCUT2D eigenvalue weighted by molar-refractivity contribution is 5.30. The first-order valence-corrected chi connectivity index (χ1v) is 7.13. The van der Waals surface area contributed by atoms with Gasteiger partial charge in [-0.15, -0.1) is 0 Å². The van der Waals surface area contributed by atoms with Crippen LogP contribution in [0.4, 0.5) is 0 Å². The van der Waals surface area contributed by atoms with Crippen LogP contribution in [-0.2, 0) is 6.42 Å². The smallest absolute Gasteiger partial charge is 0.00966 e. The zero-order valence-electron chi connectivity index (χ0n) is 12.9. The molecule has 0 amide bonds. The summed E-state index contributed by atoms with van der Waals surface area (Å²) in [5.41, 5.74) is 4.52. The monoisotopic (exact) mass is 247 g/mol. The van der Waals surface area contributed by atoms with Crippen molar-refractivity contribution in [2.45, 2.75) is 59.9 Å². The molecule has 1 aromatic rings. The van der Waals surface area contributed by atoms with Crippen molar-refractivity contribution >= 4 is 0 Å². The van der Waals surface area contributed by atoms with Gasteiger partial charge in [-0.05, 0) is 64.6 Å². The molecule has 0 aliphatic rings. The molecule has 0 aliphatic heterocycles. The second-order valence-electron chi connectivity index (χ2n) is 6.54. The van der Waals surface area contributed by atoms with Gasteiger partial charge in [0.2, 0.25) is 0 Å². The number of hydrogen-bond donors (Lipinski definition) is 1. The lowest BCUT2D eigenvalue weighted by atomic mass is 9.92. The minimum Gasteiger partial charge on any atom is -0.312 e. The van der Waals surface area contributed by atoms with E-state index < -0.39 is 0 Å². The summed E-state index contributed by atoms with van der Waals surface area (Å²) in [6, 6.07) is 6.79. The Labute approximate surface area is 113 Å². The molecule has 1 nitrogen and oxygen atoms in total. The summed E-state index contributed by atoms with van der Waals surface area (Å²) in [4.78, 5) is 0. The SMILES string of the molecule is CCC(CNC(C)(C)C)Cc1cc(C)ccc1C. The van der Waals surface area contributed by atoms with Crippen LogP contribution in [-0.4, -0.2) is 12.1 Å². The van der Waals surface area contributed by atoms with E-state index in [1.165, 1.54) is 29.5 Å². The van der Waals surface area contributed by atoms with E-state index >= 15 is 0 Å². The summed E-state index contributed by atoms with van der Waals surface area (Å²) in [7, 11) is 0. The molecular weight excluding hydrogens is 218 g/mol. The van der Waals surface area contributed by atoms with Crippen LogP contribution in [0.15, 0.2) is 18.2 Å². The molecule has 0 aliphatic carbocycles. The van der Waals surface area contributed by atoms with E-state index in [0.717, 1.165) is 12.5 Å². The van der Waals surface area contributed by atoms with Gasteiger partial charge in [0.15, 0.2) is 0 Å². The molecule has 0 bridgehead atoms. The largest absolute Gasteiger partial charge is 0.312 e. The number of rotatable bonds is 5. The summed E-state index contributed by atoms with van der Waals surface area (Å²) in [6.45, 7) is 14.5. The Hall–Kier alpha value is -0.820. The molecule has 0 saturated carbocycles. The van der Waals surface area contributed by atoms with Crippen molar-refractivity contribution in [2.75, 3.05) is 6.54 Å². The van der Waals surface area contributed by atoms with Gasteiger partial charge in [-0.1, -0.05) is 37.1 Å². The molecule has 0 aromatic heterocycles. The number of aryl methyl sites for hydroxylation is 2. The predicted octanol–water partition coefficient (Wildman–Crippen LogP) is 4.26. The Morgan fingerprint density at radius 3 is 2.39 bits per heavy atom. The standard InChI is InChI=1S/C17H29N/c1-7-15(12-18-17(4,5)6)11-16-10-13(2)8-9-14(16)3/h8-10,15,18H,7,11-12H2,1-6H3. The van der Waals surface area contributed by atoms with Crippen LogP contribution in [0, 0.1) is 19.8 Å². The predicted molar refractivity (Wildman–Crippen MR) is 81.2 cm³/mol. The third-order valence-corrected chi connectivity index (χ3v) is 3.51. The van der Waals surface area contributed by atoms with Crippen LogP contribution < -0.4 is 5.32 Å². The van der Waals surface area contributed by atoms with E-state index in [4.69, 9.17) is 0 Å². The lowest BCUT2D eigenvalue weighted by Crippen LogP contribution is -2.39. The van der Waals surface area contributed by atoms with E-state index in [-0.39, 0.29) is 5.54 Å². The quantitative estimate of drug-likeness (QED) is 0.819. The Morgan fingerprint density at radius 1 is 1.17 bits per heavy atom. The van der Waals surface area contributed by atoms with Crippen LogP contribution in [0.25, 0.3) is 0 Å². The van der Waals surface area contributed by atoms with Gasteiger partial charge in [-0.3, -0.25) is 0 Å². The molecule has 102 valence electrons. The Kier molecular flexibility index (Phi) is 5.40. The molecular formula is C17H29N. The minimum absolute atomic E-state index is 0.217. The minimum atomic E-state index is 0.217. The molecule has 1 atom stereocenters. The number of hydrogen-bond acceptors (Lipinski definition) is 1. The zero-order valence-corrected chi connectivity index (χ0v) is 12.9. The second kappa shape index (κ2) is 6.38. The molecule has 0 saturated heterocycles. The Bertz CT molecular complexity index is 374. The summed E-state index contributed by atoms with van der Waals surface area (Å²) in [5.74, 6) is 0.727. The maximum atomic E-state index is 3.63. The highest BCUT2D eigenvalue weighted by Gasteiger charge is 2.14. The van der Waals surface area contributed by atoms with Gasteiger partial charge in [0, 0.05) is 5.54 Å². The summed E-state index contributed by atoms with van der Waals surface area (Å²) >= 11 is 0. The van der Waals surface area contributed by atoms with Gasteiger partial charge in [0.1, 0.15) is 0 Å². The van der Waals surface area contributed by atoms with Gasteiger partial charge >= 0.3 is 0 Å². The van der Waals surface area contributed by atoms with Crippen molar-refractivity contribution in [3.63, 3.8) is 0 Å². The van der Waals surface area contributed by atoms with E-state index in [0.29, 0.717) is 0 Å². The summed E-state index contributed by atoms with van der Waals surface area (Å²) in [6.07, 6.45) is 2.42. The maximum Gasteiger partial charge on any atom is 0.00966 e. The van der Waals surface area contributed by atoms with E-state index in [2.05, 4.69) is 65.1 Å². The highest BCUT2D eigenvalue weighted by Crippen LogP contribution is 2.17. The van der Waals surface area contributed by atoms with E-state index in [1.54, 1.807) is 0 Å². The Morgan fingerprint density at radius 2 is 1.83 bits per heavy atom. The fraction of sp³-hybridized carbons (Fsp3) is 0.647. The molecule has 0 heterocycles. The molecule has 0 spiro atoms. The molecule has 1 unspecified atom stereocenters. The van der Waals surface area contributed by atoms with Crippen molar-refractivity contribution < 1.29 is 0 Å². The number of nitrogens with one attached hydrogen (secondary N) is 1. The fourth-order valence-corrected chi connectivity index (χ4v) is 2.14. The van der Waals surface area contributed by atoms with Crippen molar-refractivity contribution in [3.8, 4) is 0 Å². The topological polar surface area (TPSA) is 12.0 Å². The van der Waals surface area contributed by atoms with Crippen LogP contribution in [0.5, 0.6) is 0 Å². The molecule has 1 N–H and O–H groups in total. The molecule has 1 aromatic carbocycles. The van der Waals surface area contributed by atoms with Gasteiger partial charge in [0.25, 0.3) is 0 Å². The van der Waals surface area contributed by atoms with Crippen LogP contribution in [0.2, 0.25) is 0 Å². The first kappa shape index (κ1) is 15.2. The summed E-state index contributed by atoms with van der Waals surface area (Å²) < 4.78 is 0. The van der Waals surface area contributed by atoms with Crippen LogP contribution in [0.1, 0.15) is 50.8 Å². The van der Waals surface area contributed by atoms with Gasteiger partial charge in [-0.25, -0.2) is 0 Å². The first-order valence-electron chi connectivity index (χ1n) is 7.13.